The maximum atomic E-state index is 11.1. The van der Waals surface area contributed by atoms with Gasteiger partial charge in [0.2, 0.25) is 0 Å². The monoisotopic (exact) mass is 252 g/mol. The van der Waals surface area contributed by atoms with Gasteiger partial charge in [0.25, 0.3) is 0 Å². The maximum absolute atomic E-state index is 11.1. The molecule has 0 bridgehead atoms. The van der Waals surface area contributed by atoms with Crippen LogP contribution in [0.3, 0.4) is 0 Å². The molecule has 5 nitrogen and oxygen atoms in total. The van der Waals surface area contributed by atoms with E-state index in [9.17, 15) is 4.79 Å². The highest BCUT2D eigenvalue weighted by Crippen LogP contribution is 2.17. The average Bonchev–Trinajstić information content (AvgIpc) is 2.57. The molecule has 1 fully saturated rings. The second kappa shape index (κ2) is 5.12. The summed E-state index contributed by atoms with van der Waals surface area (Å²) in [5.41, 5.74) is 2.16. The molecule has 1 aromatic rings. The van der Waals surface area contributed by atoms with Gasteiger partial charge in [0.05, 0.1) is 24.8 Å². The van der Waals surface area contributed by atoms with Gasteiger partial charge < -0.3 is 19.3 Å². The number of ether oxygens (including phenoxy) is 1. The molecule has 0 aliphatic carbocycles. The summed E-state index contributed by atoms with van der Waals surface area (Å²) >= 11 is 0. The third-order valence-electron chi connectivity index (χ3n) is 3.53. The van der Waals surface area contributed by atoms with Crippen LogP contribution in [-0.2, 0) is 11.3 Å². The molecule has 5 heteroatoms. The molecule has 0 spiro atoms. The number of aromatic carboxylic acids is 1. The van der Waals surface area contributed by atoms with Gasteiger partial charge in [-0.05, 0) is 27.0 Å². The Balaban J connectivity index is 2.16. The molecule has 2 rings (SSSR count). The lowest BCUT2D eigenvalue weighted by atomic mass is 10.2. The second-order valence-electron chi connectivity index (χ2n) is 4.96. The fraction of sp³-hybridized carbons (Fsp3) is 0.615. The SMILES string of the molecule is Cc1cc(C(=O)O)c(C)n1CC1CN(C)CCO1. The lowest BCUT2D eigenvalue weighted by molar-refractivity contribution is -0.0279. The molecule has 0 amide bonds. The largest absolute Gasteiger partial charge is 0.478 e. The van der Waals surface area contributed by atoms with Crippen LogP contribution in [0.2, 0.25) is 0 Å². The number of hydrogen-bond acceptors (Lipinski definition) is 3. The van der Waals surface area contributed by atoms with Gasteiger partial charge in [0.1, 0.15) is 0 Å². The Morgan fingerprint density at radius 3 is 2.83 bits per heavy atom. The summed E-state index contributed by atoms with van der Waals surface area (Å²) in [7, 11) is 2.08. The van der Waals surface area contributed by atoms with Gasteiger partial charge in [-0.3, -0.25) is 0 Å². The molecule has 18 heavy (non-hydrogen) atoms. The molecule has 1 aromatic heterocycles. The minimum atomic E-state index is -0.865. The topological polar surface area (TPSA) is 54.7 Å². The third-order valence-corrected chi connectivity index (χ3v) is 3.53. The van der Waals surface area contributed by atoms with Crippen LogP contribution >= 0.6 is 0 Å². The van der Waals surface area contributed by atoms with Crippen LogP contribution in [0.15, 0.2) is 6.07 Å². The van der Waals surface area contributed by atoms with E-state index in [0.717, 1.165) is 37.6 Å². The predicted octanol–water partition coefficient (Wildman–Crippen LogP) is 1.13. The number of rotatable bonds is 3. The van der Waals surface area contributed by atoms with Gasteiger partial charge in [0, 0.05) is 24.5 Å². The number of carboxylic acids is 1. The van der Waals surface area contributed by atoms with Crippen molar-refractivity contribution in [1.82, 2.24) is 9.47 Å². The van der Waals surface area contributed by atoms with Crippen molar-refractivity contribution < 1.29 is 14.6 Å². The van der Waals surface area contributed by atoms with Crippen molar-refractivity contribution in [3.8, 4) is 0 Å². The molecule has 1 N–H and O–H groups in total. The van der Waals surface area contributed by atoms with E-state index in [-0.39, 0.29) is 6.10 Å². The van der Waals surface area contributed by atoms with Crippen molar-refractivity contribution in [3.05, 3.63) is 23.0 Å². The summed E-state index contributed by atoms with van der Waals surface area (Å²) < 4.78 is 7.76. The third kappa shape index (κ3) is 2.57. The van der Waals surface area contributed by atoms with Gasteiger partial charge in [-0.25, -0.2) is 4.79 Å². The minimum Gasteiger partial charge on any atom is -0.478 e. The van der Waals surface area contributed by atoms with Crippen LogP contribution in [0.4, 0.5) is 0 Å². The molecule has 1 unspecified atom stereocenters. The molecule has 1 aliphatic rings. The van der Waals surface area contributed by atoms with Crippen molar-refractivity contribution in [2.75, 3.05) is 26.7 Å². The van der Waals surface area contributed by atoms with E-state index in [2.05, 4.69) is 11.9 Å². The van der Waals surface area contributed by atoms with E-state index >= 15 is 0 Å². The van der Waals surface area contributed by atoms with Crippen LogP contribution in [-0.4, -0.2) is 53.4 Å². The van der Waals surface area contributed by atoms with Crippen molar-refractivity contribution in [1.29, 1.82) is 0 Å². The van der Waals surface area contributed by atoms with Crippen LogP contribution in [0, 0.1) is 13.8 Å². The Morgan fingerprint density at radius 2 is 2.28 bits per heavy atom. The molecule has 1 saturated heterocycles. The first kappa shape index (κ1) is 13.1. The van der Waals surface area contributed by atoms with Gasteiger partial charge in [-0.15, -0.1) is 0 Å². The van der Waals surface area contributed by atoms with E-state index in [0.29, 0.717) is 5.56 Å². The first-order valence-corrected chi connectivity index (χ1v) is 6.19. The summed E-state index contributed by atoms with van der Waals surface area (Å²) in [6.07, 6.45) is 0.134. The minimum absolute atomic E-state index is 0.134. The Kier molecular flexibility index (Phi) is 3.73. The standard InChI is InChI=1S/C13H20N2O3/c1-9-6-12(13(16)17)10(2)15(9)8-11-7-14(3)4-5-18-11/h6,11H,4-5,7-8H2,1-3H3,(H,16,17). The van der Waals surface area contributed by atoms with E-state index in [1.807, 2.05) is 18.4 Å². The van der Waals surface area contributed by atoms with Crippen molar-refractivity contribution >= 4 is 5.97 Å². The van der Waals surface area contributed by atoms with E-state index in [1.54, 1.807) is 6.07 Å². The highest BCUT2D eigenvalue weighted by Gasteiger charge is 2.21. The molecular formula is C13H20N2O3. The van der Waals surface area contributed by atoms with Crippen LogP contribution in [0.1, 0.15) is 21.7 Å². The quantitative estimate of drug-likeness (QED) is 0.876. The fourth-order valence-corrected chi connectivity index (χ4v) is 2.48. The highest BCUT2D eigenvalue weighted by atomic mass is 16.5. The Labute approximate surface area is 107 Å². The molecule has 1 aliphatic heterocycles. The zero-order chi connectivity index (χ0) is 13.3. The molecule has 0 aromatic carbocycles. The Hall–Kier alpha value is -1.33. The Bertz CT molecular complexity index is 453. The lowest BCUT2D eigenvalue weighted by Crippen LogP contribution is -2.42. The summed E-state index contributed by atoms with van der Waals surface area (Å²) in [5, 5.41) is 9.10. The molecule has 0 saturated carbocycles. The van der Waals surface area contributed by atoms with Crippen molar-refractivity contribution in [2.24, 2.45) is 0 Å². The Morgan fingerprint density at radius 1 is 1.56 bits per heavy atom. The van der Waals surface area contributed by atoms with Crippen molar-refractivity contribution in [2.45, 2.75) is 26.5 Å². The van der Waals surface area contributed by atoms with Crippen molar-refractivity contribution in [3.63, 3.8) is 0 Å². The molecule has 1 atom stereocenters. The van der Waals surface area contributed by atoms with Gasteiger partial charge in [0.15, 0.2) is 0 Å². The average molecular weight is 252 g/mol. The van der Waals surface area contributed by atoms with Crippen LogP contribution in [0.25, 0.3) is 0 Å². The van der Waals surface area contributed by atoms with Crippen LogP contribution in [0.5, 0.6) is 0 Å². The normalized spacial score (nSPS) is 21.2. The predicted molar refractivity (Wildman–Crippen MR) is 68.1 cm³/mol. The first-order valence-electron chi connectivity index (χ1n) is 6.19. The van der Waals surface area contributed by atoms with E-state index in [1.165, 1.54) is 0 Å². The molecular weight excluding hydrogens is 232 g/mol. The second-order valence-corrected chi connectivity index (χ2v) is 4.96. The van der Waals surface area contributed by atoms with E-state index < -0.39 is 5.97 Å². The molecule has 0 radical (unpaired) electrons. The lowest BCUT2D eigenvalue weighted by Gasteiger charge is -2.31. The summed E-state index contributed by atoms with van der Waals surface area (Å²) in [5.74, 6) is -0.865. The highest BCUT2D eigenvalue weighted by molar-refractivity contribution is 5.89. The van der Waals surface area contributed by atoms with Crippen LogP contribution < -0.4 is 0 Å². The maximum Gasteiger partial charge on any atom is 0.337 e. The first-order chi connectivity index (χ1) is 8.49. The van der Waals surface area contributed by atoms with Gasteiger partial charge >= 0.3 is 5.97 Å². The number of morpholine rings is 1. The zero-order valence-corrected chi connectivity index (χ0v) is 11.1. The summed E-state index contributed by atoms with van der Waals surface area (Å²) in [6.45, 7) is 7.09. The molecule has 2 heterocycles. The number of nitrogens with zero attached hydrogens (tertiary/aromatic N) is 2. The van der Waals surface area contributed by atoms with E-state index in [4.69, 9.17) is 9.84 Å². The smallest absolute Gasteiger partial charge is 0.337 e. The summed E-state index contributed by atoms with van der Waals surface area (Å²) in [4.78, 5) is 13.3. The number of hydrogen-bond donors (Lipinski definition) is 1. The number of carboxylic acid groups (broad SMARTS) is 1. The number of aryl methyl sites for hydroxylation is 1. The fourth-order valence-electron chi connectivity index (χ4n) is 2.48. The number of carbonyl (C=O) groups is 1. The number of aromatic nitrogens is 1. The van der Waals surface area contributed by atoms with Gasteiger partial charge in [-0.2, -0.15) is 0 Å². The van der Waals surface area contributed by atoms with Gasteiger partial charge in [-0.1, -0.05) is 0 Å². The number of likely N-dealkylation sites (N-methyl/N-ethyl adjacent to an activating group) is 1. The zero-order valence-electron chi connectivity index (χ0n) is 11.1. The summed E-state index contributed by atoms with van der Waals surface area (Å²) in [6, 6.07) is 1.73. The molecule has 100 valence electrons.